The number of fused-ring (bicyclic) bond motifs is 1. The molecule has 0 unspecified atom stereocenters. The minimum Gasteiger partial charge on any atom is -0.322 e. The van der Waals surface area contributed by atoms with E-state index in [1.807, 2.05) is 58.0 Å². The van der Waals surface area contributed by atoms with Gasteiger partial charge in [-0.2, -0.15) is 0 Å². The number of carbonyl (C=O) groups is 2. The molecule has 0 aliphatic carbocycles. The molecule has 0 fully saturated rings. The standard InChI is InChI=1S/C20H23N3O2/c1-12(2)18(19(24)22-17-13(3)9-10-21-14(17)4)23-11-15-7-5-6-8-16(15)20(23)25/h5-10,12,18H,11H2,1-4H3,(H,22,24)/t18-/m1/s1. The van der Waals surface area contributed by atoms with Crippen molar-refractivity contribution in [2.45, 2.75) is 40.3 Å². The Balaban J connectivity index is 1.88. The second kappa shape index (κ2) is 6.67. The third kappa shape index (κ3) is 3.14. The fourth-order valence-electron chi connectivity index (χ4n) is 3.39. The van der Waals surface area contributed by atoms with Crippen LogP contribution in [0.5, 0.6) is 0 Å². The van der Waals surface area contributed by atoms with Crippen molar-refractivity contribution in [3.05, 3.63) is 58.9 Å². The van der Waals surface area contributed by atoms with Gasteiger partial charge in [0.1, 0.15) is 6.04 Å². The highest BCUT2D eigenvalue weighted by Gasteiger charge is 2.38. The number of amides is 2. The Hall–Kier alpha value is -2.69. The molecule has 2 heterocycles. The van der Waals surface area contributed by atoms with Gasteiger partial charge in [0.15, 0.2) is 0 Å². The number of nitrogens with zero attached hydrogens (tertiary/aromatic N) is 2. The van der Waals surface area contributed by atoms with Gasteiger partial charge < -0.3 is 10.2 Å². The topological polar surface area (TPSA) is 62.3 Å². The molecule has 3 rings (SSSR count). The van der Waals surface area contributed by atoms with E-state index in [4.69, 9.17) is 0 Å². The van der Waals surface area contributed by atoms with Crippen LogP contribution in [0, 0.1) is 19.8 Å². The molecule has 130 valence electrons. The van der Waals surface area contributed by atoms with E-state index in [9.17, 15) is 9.59 Å². The lowest BCUT2D eigenvalue weighted by atomic mass is 10.0. The smallest absolute Gasteiger partial charge is 0.255 e. The molecule has 0 radical (unpaired) electrons. The van der Waals surface area contributed by atoms with Gasteiger partial charge >= 0.3 is 0 Å². The van der Waals surface area contributed by atoms with E-state index in [1.54, 1.807) is 11.1 Å². The second-order valence-electron chi connectivity index (χ2n) is 6.86. The summed E-state index contributed by atoms with van der Waals surface area (Å²) in [4.78, 5) is 31.7. The minimum absolute atomic E-state index is 0.00412. The average molecular weight is 337 g/mol. The van der Waals surface area contributed by atoms with Crippen LogP contribution < -0.4 is 5.32 Å². The number of benzene rings is 1. The lowest BCUT2D eigenvalue weighted by Gasteiger charge is -2.30. The average Bonchev–Trinajstić information content (AvgIpc) is 2.88. The van der Waals surface area contributed by atoms with Crippen molar-refractivity contribution >= 4 is 17.5 Å². The van der Waals surface area contributed by atoms with Gasteiger partial charge in [0.2, 0.25) is 5.91 Å². The van der Waals surface area contributed by atoms with Crippen LogP contribution in [0.1, 0.15) is 41.0 Å². The van der Waals surface area contributed by atoms with E-state index >= 15 is 0 Å². The molecule has 5 nitrogen and oxygen atoms in total. The summed E-state index contributed by atoms with van der Waals surface area (Å²) in [6.45, 7) is 8.19. The number of rotatable bonds is 4. The first-order chi connectivity index (χ1) is 11.9. The number of hydrogen-bond acceptors (Lipinski definition) is 3. The van der Waals surface area contributed by atoms with Gasteiger partial charge in [-0.3, -0.25) is 14.6 Å². The van der Waals surface area contributed by atoms with E-state index in [0.29, 0.717) is 12.1 Å². The molecular formula is C20H23N3O2. The fraction of sp³-hybridized carbons (Fsp3) is 0.350. The molecule has 25 heavy (non-hydrogen) atoms. The Kier molecular flexibility index (Phi) is 4.57. The van der Waals surface area contributed by atoms with Crippen LogP contribution in [0.4, 0.5) is 5.69 Å². The first-order valence-electron chi connectivity index (χ1n) is 8.52. The predicted molar refractivity (Wildman–Crippen MR) is 97.3 cm³/mol. The van der Waals surface area contributed by atoms with Crippen molar-refractivity contribution in [2.24, 2.45) is 5.92 Å². The number of nitrogens with one attached hydrogen (secondary N) is 1. The molecule has 0 saturated carbocycles. The monoisotopic (exact) mass is 337 g/mol. The van der Waals surface area contributed by atoms with Crippen LogP contribution >= 0.6 is 0 Å². The zero-order valence-electron chi connectivity index (χ0n) is 15.0. The number of hydrogen-bond donors (Lipinski definition) is 1. The molecule has 1 aromatic heterocycles. The third-order valence-electron chi connectivity index (χ3n) is 4.68. The van der Waals surface area contributed by atoms with Crippen molar-refractivity contribution in [3.63, 3.8) is 0 Å². The van der Waals surface area contributed by atoms with E-state index in [-0.39, 0.29) is 17.7 Å². The van der Waals surface area contributed by atoms with Gasteiger partial charge in [-0.05, 0) is 43.0 Å². The van der Waals surface area contributed by atoms with Gasteiger partial charge in [0, 0.05) is 18.3 Å². The third-order valence-corrected chi connectivity index (χ3v) is 4.68. The Bertz CT molecular complexity index is 809. The molecule has 1 aliphatic heterocycles. The molecule has 1 aromatic carbocycles. The van der Waals surface area contributed by atoms with Gasteiger partial charge in [0.25, 0.3) is 5.91 Å². The molecule has 5 heteroatoms. The molecule has 2 aromatic rings. The molecule has 0 bridgehead atoms. The van der Waals surface area contributed by atoms with Crippen LogP contribution in [-0.4, -0.2) is 27.7 Å². The van der Waals surface area contributed by atoms with Crippen LogP contribution in [0.2, 0.25) is 0 Å². The maximum absolute atomic E-state index is 13.0. The summed E-state index contributed by atoms with van der Waals surface area (Å²) in [5.74, 6) is -0.255. The molecule has 2 amide bonds. The van der Waals surface area contributed by atoms with Gasteiger partial charge in [-0.25, -0.2) is 0 Å². The summed E-state index contributed by atoms with van der Waals surface area (Å²) < 4.78 is 0. The SMILES string of the molecule is Cc1ccnc(C)c1NC(=O)[C@@H](C(C)C)N1Cc2ccccc2C1=O. The normalized spacial score (nSPS) is 14.6. The Morgan fingerprint density at radius 2 is 1.92 bits per heavy atom. The van der Waals surface area contributed by atoms with Crippen molar-refractivity contribution in [1.29, 1.82) is 0 Å². The van der Waals surface area contributed by atoms with E-state index in [1.165, 1.54) is 0 Å². The molecule has 0 saturated heterocycles. The van der Waals surface area contributed by atoms with Crippen molar-refractivity contribution in [1.82, 2.24) is 9.88 Å². The molecule has 1 atom stereocenters. The number of pyridine rings is 1. The van der Waals surface area contributed by atoms with Gasteiger partial charge in [0.05, 0.1) is 11.4 Å². The van der Waals surface area contributed by atoms with Crippen LogP contribution in [0.25, 0.3) is 0 Å². The van der Waals surface area contributed by atoms with Crippen LogP contribution in [0.15, 0.2) is 36.5 Å². The maximum atomic E-state index is 13.0. The van der Waals surface area contributed by atoms with Crippen molar-refractivity contribution in [2.75, 3.05) is 5.32 Å². The lowest BCUT2D eigenvalue weighted by Crippen LogP contribution is -2.47. The quantitative estimate of drug-likeness (QED) is 0.931. The molecule has 1 aliphatic rings. The first-order valence-corrected chi connectivity index (χ1v) is 8.52. The van der Waals surface area contributed by atoms with Crippen molar-refractivity contribution < 1.29 is 9.59 Å². The predicted octanol–water partition coefficient (Wildman–Crippen LogP) is 3.32. The summed E-state index contributed by atoms with van der Waals surface area (Å²) in [6.07, 6.45) is 1.72. The largest absolute Gasteiger partial charge is 0.322 e. The highest BCUT2D eigenvalue weighted by molar-refractivity contribution is 6.04. The Morgan fingerprint density at radius 3 is 2.56 bits per heavy atom. The molecule has 1 N–H and O–H groups in total. The van der Waals surface area contributed by atoms with Gasteiger partial charge in [-0.15, -0.1) is 0 Å². The minimum atomic E-state index is -0.529. The fourth-order valence-corrected chi connectivity index (χ4v) is 3.39. The number of aryl methyl sites for hydroxylation is 2. The van der Waals surface area contributed by atoms with Crippen molar-refractivity contribution in [3.8, 4) is 0 Å². The summed E-state index contributed by atoms with van der Waals surface area (Å²) >= 11 is 0. The summed E-state index contributed by atoms with van der Waals surface area (Å²) in [7, 11) is 0. The van der Waals surface area contributed by atoms with Crippen LogP contribution in [-0.2, 0) is 11.3 Å². The summed E-state index contributed by atoms with van der Waals surface area (Å²) in [5, 5.41) is 2.99. The Labute approximate surface area is 148 Å². The van der Waals surface area contributed by atoms with Crippen LogP contribution in [0.3, 0.4) is 0 Å². The van der Waals surface area contributed by atoms with E-state index < -0.39 is 6.04 Å². The zero-order chi connectivity index (χ0) is 18.1. The summed E-state index contributed by atoms with van der Waals surface area (Å²) in [5.41, 5.74) is 4.11. The summed E-state index contributed by atoms with van der Waals surface area (Å²) in [6, 6.07) is 8.87. The van der Waals surface area contributed by atoms with E-state index in [2.05, 4.69) is 10.3 Å². The molecular weight excluding hydrogens is 314 g/mol. The highest BCUT2D eigenvalue weighted by atomic mass is 16.2. The van der Waals surface area contributed by atoms with E-state index in [0.717, 1.165) is 22.5 Å². The Morgan fingerprint density at radius 1 is 1.20 bits per heavy atom. The zero-order valence-corrected chi connectivity index (χ0v) is 15.0. The van der Waals surface area contributed by atoms with Gasteiger partial charge in [-0.1, -0.05) is 32.0 Å². The highest BCUT2D eigenvalue weighted by Crippen LogP contribution is 2.28. The maximum Gasteiger partial charge on any atom is 0.255 e. The number of aromatic nitrogens is 1. The number of carbonyl (C=O) groups excluding carboxylic acids is 2. The first kappa shape index (κ1) is 17.1. The second-order valence-corrected chi connectivity index (χ2v) is 6.86. The molecule has 0 spiro atoms. The lowest BCUT2D eigenvalue weighted by molar-refractivity contribution is -0.122. The number of anilines is 1.